The molecular formula is C10H11F3N2O2. The number of hydrogen-bond donors (Lipinski definition) is 3. The Labute approximate surface area is 95.4 Å². The average molecular weight is 248 g/mol. The first-order valence-corrected chi connectivity index (χ1v) is 4.75. The lowest BCUT2D eigenvalue weighted by atomic mass is 10.3. The van der Waals surface area contributed by atoms with E-state index in [-0.39, 0.29) is 5.69 Å². The quantitative estimate of drug-likeness (QED) is 0.757. The van der Waals surface area contributed by atoms with Crippen molar-refractivity contribution in [2.45, 2.75) is 12.5 Å². The van der Waals surface area contributed by atoms with Gasteiger partial charge in [0.25, 0.3) is 6.43 Å². The lowest BCUT2D eigenvalue weighted by molar-refractivity contribution is -0.00155. The van der Waals surface area contributed by atoms with Gasteiger partial charge in [-0.3, -0.25) is 0 Å². The van der Waals surface area contributed by atoms with E-state index in [1.165, 1.54) is 18.2 Å². The van der Waals surface area contributed by atoms with Crippen molar-refractivity contribution in [2.75, 3.05) is 11.9 Å². The molecule has 0 saturated heterocycles. The summed E-state index contributed by atoms with van der Waals surface area (Å²) in [5, 5.41) is 13.0. The molecule has 1 unspecified atom stereocenters. The zero-order valence-electron chi connectivity index (χ0n) is 8.66. The number of benzene rings is 1. The number of amides is 2. The molecule has 2 amide bonds. The number of anilines is 1. The van der Waals surface area contributed by atoms with Crippen LogP contribution >= 0.6 is 0 Å². The molecular weight excluding hydrogens is 237 g/mol. The summed E-state index contributed by atoms with van der Waals surface area (Å²) in [6.07, 6.45) is -4.85. The second-order valence-electron chi connectivity index (χ2n) is 3.25. The van der Waals surface area contributed by atoms with Gasteiger partial charge in [0, 0.05) is 5.69 Å². The van der Waals surface area contributed by atoms with Crippen LogP contribution in [0.3, 0.4) is 0 Å². The fourth-order valence-corrected chi connectivity index (χ4v) is 1.03. The van der Waals surface area contributed by atoms with Crippen molar-refractivity contribution in [1.29, 1.82) is 0 Å². The van der Waals surface area contributed by atoms with Crippen LogP contribution in [0.15, 0.2) is 24.3 Å². The topological polar surface area (TPSA) is 61.4 Å². The molecule has 0 heterocycles. The van der Waals surface area contributed by atoms with Crippen molar-refractivity contribution in [3.05, 3.63) is 30.1 Å². The first-order valence-electron chi connectivity index (χ1n) is 4.75. The molecule has 0 aliphatic heterocycles. The molecule has 0 saturated carbocycles. The van der Waals surface area contributed by atoms with Crippen LogP contribution in [-0.4, -0.2) is 30.2 Å². The van der Waals surface area contributed by atoms with E-state index in [0.29, 0.717) is 0 Å². The molecule has 0 fully saturated rings. The third kappa shape index (κ3) is 4.73. The van der Waals surface area contributed by atoms with E-state index in [4.69, 9.17) is 5.11 Å². The molecule has 3 N–H and O–H groups in total. The van der Waals surface area contributed by atoms with E-state index in [2.05, 4.69) is 5.32 Å². The number of nitrogens with one attached hydrogen (secondary N) is 2. The number of rotatable bonds is 4. The molecule has 1 atom stereocenters. The van der Waals surface area contributed by atoms with E-state index < -0.39 is 30.9 Å². The normalized spacial score (nSPS) is 12.3. The minimum atomic E-state index is -2.93. The largest absolute Gasteiger partial charge is 0.385 e. The fraction of sp³-hybridized carbons (Fsp3) is 0.300. The van der Waals surface area contributed by atoms with E-state index in [9.17, 15) is 18.0 Å². The number of carbonyl (C=O) groups excluding carboxylic acids is 1. The summed E-state index contributed by atoms with van der Waals surface area (Å²) in [6.45, 7) is -0.585. The Balaban J connectivity index is 2.40. The van der Waals surface area contributed by atoms with Crippen molar-refractivity contribution in [3.63, 3.8) is 0 Å². The zero-order valence-corrected chi connectivity index (χ0v) is 8.66. The Morgan fingerprint density at radius 2 is 2.12 bits per heavy atom. The lowest BCUT2D eigenvalue weighted by Crippen LogP contribution is -2.38. The molecule has 0 bridgehead atoms. The van der Waals surface area contributed by atoms with Crippen molar-refractivity contribution in [3.8, 4) is 0 Å². The number of urea groups is 1. The summed E-state index contributed by atoms with van der Waals surface area (Å²) < 4.78 is 36.5. The van der Waals surface area contributed by atoms with Crippen LogP contribution < -0.4 is 10.6 Å². The molecule has 7 heteroatoms. The summed E-state index contributed by atoms with van der Waals surface area (Å²) in [4.78, 5) is 11.2. The first kappa shape index (κ1) is 13.3. The third-order valence-electron chi connectivity index (χ3n) is 1.85. The molecule has 0 spiro atoms. The summed E-state index contributed by atoms with van der Waals surface area (Å²) >= 11 is 0. The molecule has 94 valence electrons. The van der Waals surface area contributed by atoms with Gasteiger partial charge < -0.3 is 15.7 Å². The SMILES string of the molecule is O=C(NCC(O)C(F)F)Nc1cccc(F)c1. The molecule has 1 aromatic rings. The summed E-state index contributed by atoms with van der Waals surface area (Å²) in [5.41, 5.74) is 0.189. The lowest BCUT2D eigenvalue weighted by Gasteiger charge is -2.11. The van der Waals surface area contributed by atoms with Crippen molar-refractivity contribution in [2.24, 2.45) is 0 Å². The molecule has 17 heavy (non-hydrogen) atoms. The van der Waals surface area contributed by atoms with E-state index in [1.54, 1.807) is 0 Å². The Bertz CT molecular complexity index is 388. The Hall–Kier alpha value is -1.76. The Kier molecular flexibility index (Phi) is 4.77. The molecule has 0 radical (unpaired) electrons. The van der Waals surface area contributed by atoms with Gasteiger partial charge in [-0.1, -0.05) is 6.07 Å². The molecule has 4 nitrogen and oxygen atoms in total. The van der Waals surface area contributed by atoms with Gasteiger partial charge in [-0.25, -0.2) is 18.0 Å². The van der Waals surface area contributed by atoms with Crippen LogP contribution in [-0.2, 0) is 0 Å². The maximum Gasteiger partial charge on any atom is 0.319 e. The number of hydrogen-bond acceptors (Lipinski definition) is 2. The van der Waals surface area contributed by atoms with Gasteiger partial charge in [-0.2, -0.15) is 0 Å². The van der Waals surface area contributed by atoms with E-state index in [1.807, 2.05) is 5.32 Å². The minimum Gasteiger partial charge on any atom is -0.385 e. The van der Waals surface area contributed by atoms with Gasteiger partial charge in [0.1, 0.15) is 11.9 Å². The zero-order chi connectivity index (χ0) is 12.8. The summed E-state index contributed by atoms with van der Waals surface area (Å²) in [7, 11) is 0. The minimum absolute atomic E-state index is 0.189. The number of alkyl halides is 2. The second kappa shape index (κ2) is 6.09. The molecule has 0 aliphatic carbocycles. The Morgan fingerprint density at radius 1 is 1.41 bits per heavy atom. The highest BCUT2D eigenvalue weighted by atomic mass is 19.3. The van der Waals surface area contributed by atoms with Crippen LogP contribution in [0.5, 0.6) is 0 Å². The van der Waals surface area contributed by atoms with E-state index >= 15 is 0 Å². The monoisotopic (exact) mass is 248 g/mol. The van der Waals surface area contributed by atoms with Crippen LogP contribution in [0.4, 0.5) is 23.7 Å². The molecule has 0 aliphatic rings. The summed E-state index contributed by atoms with van der Waals surface area (Å²) in [6, 6.07) is 4.30. The van der Waals surface area contributed by atoms with Gasteiger partial charge in [-0.15, -0.1) is 0 Å². The third-order valence-corrected chi connectivity index (χ3v) is 1.85. The van der Waals surface area contributed by atoms with Crippen LogP contribution in [0.25, 0.3) is 0 Å². The predicted molar refractivity (Wildman–Crippen MR) is 55.4 cm³/mol. The second-order valence-corrected chi connectivity index (χ2v) is 3.25. The van der Waals surface area contributed by atoms with Crippen molar-refractivity contribution < 1.29 is 23.1 Å². The smallest absolute Gasteiger partial charge is 0.319 e. The Morgan fingerprint density at radius 3 is 2.71 bits per heavy atom. The number of aliphatic hydroxyl groups is 1. The van der Waals surface area contributed by atoms with Crippen molar-refractivity contribution >= 4 is 11.7 Å². The average Bonchev–Trinajstić information content (AvgIpc) is 2.25. The fourth-order valence-electron chi connectivity index (χ4n) is 1.03. The number of carbonyl (C=O) groups is 1. The number of aliphatic hydroxyl groups excluding tert-OH is 1. The van der Waals surface area contributed by atoms with Gasteiger partial charge in [-0.05, 0) is 18.2 Å². The standard InChI is InChI=1S/C10H11F3N2O2/c11-6-2-1-3-7(4-6)15-10(17)14-5-8(16)9(12)13/h1-4,8-9,16H,5H2,(H2,14,15,17). The van der Waals surface area contributed by atoms with Crippen LogP contribution in [0, 0.1) is 5.82 Å². The predicted octanol–water partition coefficient (Wildman–Crippen LogP) is 1.57. The van der Waals surface area contributed by atoms with Crippen LogP contribution in [0.2, 0.25) is 0 Å². The highest BCUT2D eigenvalue weighted by Crippen LogP contribution is 2.08. The van der Waals surface area contributed by atoms with E-state index in [0.717, 1.165) is 6.07 Å². The maximum atomic E-state index is 12.7. The van der Waals surface area contributed by atoms with Gasteiger partial charge in [0.15, 0.2) is 0 Å². The van der Waals surface area contributed by atoms with Gasteiger partial charge in [0.05, 0.1) is 6.54 Å². The summed E-state index contributed by atoms with van der Waals surface area (Å²) in [5.74, 6) is -0.532. The van der Waals surface area contributed by atoms with Crippen LogP contribution in [0.1, 0.15) is 0 Å². The maximum absolute atomic E-state index is 12.7. The first-order chi connectivity index (χ1) is 7.99. The number of halogens is 3. The van der Waals surface area contributed by atoms with Gasteiger partial charge in [0.2, 0.25) is 0 Å². The molecule has 1 rings (SSSR count). The highest BCUT2D eigenvalue weighted by molar-refractivity contribution is 5.89. The van der Waals surface area contributed by atoms with Crippen molar-refractivity contribution in [1.82, 2.24) is 5.32 Å². The highest BCUT2D eigenvalue weighted by Gasteiger charge is 2.17. The molecule has 0 aromatic heterocycles. The van der Waals surface area contributed by atoms with Gasteiger partial charge >= 0.3 is 6.03 Å². The molecule has 1 aromatic carbocycles.